The topological polar surface area (TPSA) is 57.6 Å². The molecule has 1 N–H and O–H groups in total. The summed E-state index contributed by atoms with van der Waals surface area (Å²) in [6, 6.07) is 3.20. The third-order valence-electron chi connectivity index (χ3n) is 2.48. The van der Waals surface area contributed by atoms with Crippen LogP contribution in [0.1, 0.15) is 25.1 Å². The molecule has 17 heavy (non-hydrogen) atoms. The van der Waals surface area contributed by atoms with Gasteiger partial charge in [0, 0.05) is 18.5 Å². The van der Waals surface area contributed by atoms with Gasteiger partial charge in [-0.1, -0.05) is 13.8 Å². The first kappa shape index (κ1) is 14.6. The highest BCUT2D eigenvalue weighted by Gasteiger charge is 2.22. The molecule has 0 bridgehead atoms. The molecule has 1 aromatic rings. The molecule has 0 fully saturated rings. The van der Waals surface area contributed by atoms with Crippen LogP contribution in [0.5, 0.6) is 0 Å². The molecule has 1 aromatic heterocycles. The lowest BCUT2D eigenvalue weighted by Crippen LogP contribution is -2.28. The minimum absolute atomic E-state index is 0.115. The summed E-state index contributed by atoms with van der Waals surface area (Å²) >= 11 is 1.12. The largest absolute Gasteiger partial charge is 0.391 e. The summed E-state index contributed by atoms with van der Waals surface area (Å²) in [4.78, 5) is 0.667. The van der Waals surface area contributed by atoms with Gasteiger partial charge in [0.05, 0.1) is 6.61 Å². The summed E-state index contributed by atoms with van der Waals surface area (Å²) in [5.74, 6) is 0.476. The van der Waals surface area contributed by atoms with Gasteiger partial charge in [0.1, 0.15) is 4.21 Å². The van der Waals surface area contributed by atoms with E-state index in [2.05, 4.69) is 13.8 Å². The van der Waals surface area contributed by atoms with Crippen LogP contribution >= 0.6 is 11.3 Å². The van der Waals surface area contributed by atoms with Gasteiger partial charge in [0.25, 0.3) is 10.0 Å². The van der Waals surface area contributed by atoms with E-state index in [0.29, 0.717) is 21.5 Å². The molecule has 0 aliphatic rings. The van der Waals surface area contributed by atoms with Crippen molar-refractivity contribution in [3.8, 4) is 0 Å². The van der Waals surface area contributed by atoms with Gasteiger partial charge >= 0.3 is 0 Å². The van der Waals surface area contributed by atoms with Crippen molar-refractivity contribution in [1.29, 1.82) is 0 Å². The van der Waals surface area contributed by atoms with Crippen molar-refractivity contribution in [1.82, 2.24) is 4.31 Å². The van der Waals surface area contributed by atoms with Gasteiger partial charge < -0.3 is 5.11 Å². The Kier molecular flexibility index (Phi) is 5.12. The number of aliphatic hydroxyl groups excluding tert-OH is 1. The molecule has 0 radical (unpaired) electrons. The Morgan fingerprint density at radius 1 is 1.41 bits per heavy atom. The Morgan fingerprint density at radius 2 is 2.06 bits per heavy atom. The Balaban J connectivity index is 2.79. The monoisotopic (exact) mass is 277 g/mol. The SMILES string of the molecule is CC(C)CCN(C)S(=O)(=O)c1ccc(CO)s1. The number of nitrogens with zero attached hydrogens (tertiary/aromatic N) is 1. The third-order valence-corrected chi connectivity index (χ3v) is 5.87. The first-order valence-corrected chi connectivity index (χ1v) is 7.79. The van der Waals surface area contributed by atoms with Crippen molar-refractivity contribution < 1.29 is 13.5 Å². The lowest BCUT2D eigenvalue weighted by Gasteiger charge is -2.16. The van der Waals surface area contributed by atoms with E-state index in [9.17, 15) is 8.42 Å². The lowest BCUT2D eigenvalue weighted by molar-refractivity contribution is 0.285. The Labute approximate surface area is 107 Å². The second-order valence-electron chi connectivity index (χ2n) is 4.39. The van der Waals surface area contributed by atoms with Crippen LogP contribution in [0.3, 0.4) is 0 Å². The summed E-state index contributed by atoms with van der Waals surface area (Å²) in [6.45, 7) is 4.53. The lowest BCUT2D eigenvalue weighted by atomic mass is 10.1. The predicted octanol–water partition coefficient (Wildman–Crippen LogP) is 1.91. The first-order chi connectivity index (χ1) is 7.87. The molecule has 0 aliphatic heterocycles. The smallest absolute Gasteiger partial charge is 0.252 e. The van der Waals surface area contributed by atoms with Crippen LogP contribution in [0.25, 0.3) is 0 Å². The second-order valence-corrected chi connectivity index (χ2v) is 7.83. The van der Waals surface area contributed by atoms with Gasteiger partial charge in [-0.25, -0.2) is 12.7 Å². The van der Waals surface area contributed by atoms with Gasteiger partial charge in [-0.3, -0.25) is 0 Å². The van der Waals surface area contributed by atoms with Gasteiger partial charge in [0.15, 0.2) is 0 Å². The molecule has 98 valence electrons. The summed E-state index contributed by atoms with van der Waals surface area (Å²) in [6.07, 6.45) is 0.841. The molecule has 0 saturated carbocycles. The maximum Gasteiger partial charge on any atom is 0.252 e. The van der Waals surface area contributed by atoms with E-state index >= 15 is 0 Å². The van der Waals surface area contributed by atoms with Crippen LogP contribution in [0, 0.1) is 5.92 Å². The van der Waals surface area contributed by atoms with Crippen molar-refractivity contribution in [2.75, 3.05) is 13.6 Å². The Bertz CT molecular complexity index is 451. The van der Waals surface area contributed by atoms with Gasteiger partial charge in [0.2, 0.25) is 0 Å². The zero-order valence-corrected chi connectivity index (χ0v) is 12.0. The van der Waals surface area contributed by atoms with Crippen molar-refractivity contribution >= 4 is 21.4 Å². The van der Waals surface area contributed by atoms with Crippen molar-refractivity contribution in [3.05, 3.63) is 17.0 Å². The zero-order chi connectivity index (χ0) is 13.1. The molecular formula is C11H19NO3S2. The fourth-order valence-corrected chi connectivity index (χ4v) is 3.91. The summed E-state index contributed by atoms with van der Waals surface area (Å²) < 4.78 is 25.9. The average Bonchev–Trinajstić information content (AvgIpc) is 2.74. The molecule has 0 amide bonds. The zero-order valence-electron chi connectivity index (χ0n) is 10.4. The molecule has 0 aromatic carbocycles. The van der Waals surface area contributed by atoms with Crippen LogP contribution in [0.2, 0.25) is 0 Å². The number of sulfonamides is 1. The van der Waals surface area contributed by atoms with E-state index in [1.54, 1.807) is 19.2 Å². The number of hydrogen-bond donors (Lipinski definition) is 1. The standard InChI is InChI=1S/C11H19NO3S2/c1-9(2)6-7-12(3)17(14,15)11-5-4-10(8-13)16-11/h4-5,9,13H,6-8H2,1-3H3. The van der Waals surface area contributed by atoms with E-state index in [0.717, 1.165) is 17.8 Å². The summed E-state index contributed by atoms with van der Waals surface area (Å²) in [5, 5.41) is 8.93. The van der Waals surface area contributed by atoms with Gasteiger partial charge in [-0.05, 0) is 24.5 Å². The molecule has 1 heterocycles. The molecule has 4 nitrogen and oxygen atoms in total. The molecule has 0 spiro atoms. The van der Waals surface area contributed by atoms with Crippen LogP contribution in [-0.2, 0) is 16.6 Å². The summed E-state index contributed by atoms with van der Waals surface area (Å²) in [7, 11) is -1.79. The van der Waals surface area contributed by atoms with Gasteiger partial charge in [-0.2, -0.15) is 0 Å². The maximum atomic E-state index is 12.1. The highest BCUT2D eigenvalue weighted by atomic mass is 32.2. The number of aliphatic hydroxyl groups is 1. The van der Waals surface area contributed by atoms with E-state index in [1.165, 1.54) is 4.31 Å². The van der Waals surface area contributed by atoms with Crippen LogP contribution in [0.15, 0.2) is 16.3 Å². The van der Waals surface area contributed by atoms with Crippen molar-refractivity contribution in [3.63, 3.8) is 0 Å². The van der Waals surface area contributed by atoms with E-state index in [1.807, 2.05) is 0 Å². The average molecular weight is 277 g/mol. The fourth-order valence-electron chi connectivity index (χ4n) is 1.30. The van der Waals surface area contributed by atoms with Crippen LogP contribution in [0.4, 0.5) is 0 Å². The Hall–Kier alpha value is -0.430. The molecule has 1 rings (SSSR count). The van der Waals surface area contributed by atoms with E-state index in [4.69, 9.17) is 5.11 Å². The second kappa shape index (κ2) is 5.95. The molecule has 0 atom stereocenters. The predicted molar refractivity (Wildman–Crippen MR) is 69.5 cm³/mol. The van der Waals surface area contributed by atoms with Crippen LogP contribution < -0.4 is 0 Å². The molecule has 6 heteroatoms. The molecular weight excluding hydrogens is 258 g/mol. The molecule has 0 saturated heterocycles. The van der Waals surface area contributed by atoms with E-state index in [-0.39, 0.29) is 6.61 Å². The molecule has 0 unspecified atom stereocenters. The van der Waals surface area contributed by atoms with Crippen molar-refractivity contribution in [2.45, 2.75) is 31.1 Å². The quantitative estimate of drug-likeness (QED) is 0.864. The summed E-state index contributed by atoms with van der Waals surface area (Å²) in [5.41, 5.74) is 0. The number of hydrogen-bond acceptors (Lipinski definition) is 4. The van der Waals surface area contributed by atoms with Crippen LogP contribution in [-0.4, -0.2) is 31.4 Å². The minimum Gasteiger partial charge on any atom is -0.391 e. The fraction of sp³-hybridized carbons (Fsp3) is 0.636. The van der Waals surface area contributed by atoms with E-state index < -0.39 is 10.0 Å². The number of thiophene rings is 1. The highest BCUT2D eigenvalue weighted by Crippen LogP contribution is 2.24. The first-order valence-electron chi connectivity index (χ1n) is 5.54. The maximum absolute atomic E-state index is 12.1. The minimum atomic E-state index is -3.38. The normalized spacial score (nSPS) is 12.6. The Morgan fingerprint density at radius 3 is 2.53 bits per heavy atom. The van der Waals surface area contributed by atoms with Gasteiger partial charge in [-0.15, -0.1) is 11.3 Å². The number of rotatable bonds is 6. The highest BCUT2D eigenvalue weighted by molar-refractivity contribution is 7.91. The van der Waals surface area contributed by atoms with Crippen molar-refractivity contribution in [2.24, 2.45) is 5.92 Å². The molecule has 0 aliphatic carbocycles. The third kappa shape index (κ3) is 3.77.